The van der Waals surface area contributed by atoms with Gasteiger partial charge in [-0.05, 0) is 30.7 Å². The first-order valence-corrected chi connectivity index (χ1v) is 6.95. The molecule has 22 heavy (non-hydrogen) atoms. The maximum atomic E-state index is 12.2. The number of ether oxygens (including phenoxy) is 1. The zero-order chi connectivity index (χ0) is 15.9. The molecule has 114 valence electrons. The molecule has 0 aliphatic carbocycles. The van der Waals surface area contributed by atoms with Gasteiger partial charge in [0.25, 0.3) is 5.91 Å². The number of aromatic hydroxyl groups is 1. The van der Waals surface area contributed by atoms with Crippen LogP contribution in [0.1, 0.15) is 29.3 Å². The molecule has 0 saturated heterocycles. The van der Waals surface area contributed by atoms with Gasteiger partial charge in [-0.15, -0.1) is 0 Å². The van der Waals surface area contributed by atoms with Crippen LogP contribution in [0.25, 0.3) is 0 Å². The molecule has 1 amide bonds. The summed E-state index contributed by atoms with van der Waals surface area (Å²) >= 11 is 0. The SMILES string of the molecule is CCC(=NNC(=O)c1ccccc1OC)c1ccccc1O. The average molecular weight is 298 g/mol. The van der Waals surface area contributed by atoms with Crippen molar-refractivity contribution in [3.8, 4) is 11.5 Å². The van der Waals surface area contributed by atoms with Gasteiger partial charge in [-0.3, -0.25) is 4.79 Å². The van der Waals surface area contributed by atoms with E-state index in [9.17, 15) is 9.90 Å². The first-order chi connectivity index (χ1) is 10.7. The number of nitrogens with zero attached hydrogens (tertiary/aromatic N) is 1. The predicted molar refractivity (Wildman–Crippen MR) is 85.4 cm³/mol. The number of carbonyl (C=O) groups excluding carboxylic acids is 1. The van der Waals surface area contributed by atoms with Crippen LogP contribution in [0.3, 0.4) is 0 Å². The Kier molecular flexibility index (Phi) is 5.14. The Morgan fingerprint density at radius 2 is 1.77 bits per heavy atom. The summed E-state index contributed by atoms with van der Waals surface area (Å²) in [5, 5.41) is 14.0. The highest BCUT2D eigenvalue weighted by Crippen LogP contribution is 2.19. The van der Waals surface area contributed by atoms with Gasteiger partial charge in [0.1, 0.15) is 11.5 Å². The maximum Gasteiger partial charge on any atom is 0.275 e. The number of hydrogen-bond acceptors (Lipinski definition) is 4. The molecule has 0 bridgehead atoms. The molecule has 5 nitrogen and oxygen atoms in total. The number of para-hydroxylation sites is 2. The number of nitrogens with one attached hydrogen (secondary N) is 1. The van der Waals surface area contributed by atoms with Crippen molar-refractivity contribution >= 4 is 11.6 Å². The first-order valence-electron chi connectivity index (χ1n) is 6.95. The molecule has 0 aliphatic rings. The van der Waals surface area contributed by atoms with Gasteiger partial charge in [-0.1, -0.05) is 31.2 Å². The van der Waals surface area contributed by atoms with Gasteiger partial charge < -0.3 is 9.84 Å². The number of phenolic OH excluding ortho intramolecular Hbond substituents is 1. The number of phenols is 1. The highest BCUT2D eigenvalue weighted by molar-refractivity contribution is 6.04. The van der Waals surface area contributed by atoms with Crippen molar-refractivity contribution in [2.24, 2.45) is 5.10 Å². The quantitative estimate of drug-likeness (QED) is 0.658. The second kappa shape index (κ2) is 7.26. The van der Waals surface area contributed by atoms with E-state index in [-0.39, 0.29) is 11.7 Å². The summed E-state index contributed by atoms with van der Waals surface area (Å²) in [6.45, 7) is 1.90. The van der Waals surface area contributed by atoms with Crippen LogP contribution in [0.5, 0.6) is 11.5 Å². The molecule has 0 unspecified atom stereocenters. The van der Waals surface area contributed by atoms with E-state index >= 15 is 0 Å². The van der Waals surface area contributed by atoms with Crippen LogP contribution in [0, 0.1) is 0 Å². The fourth-order valence-corrected chi connectivity index (χ4v) is 2.06. The Morgan fingerprint density at radius 3 is 2.41 bits per heavy atom. The molecule has 0 aliphatic heterocycles. The molecular weight excluding hydrogens is 280 g/mol. The third-order valence-corrected chi connectivity index (χ3v) is 3.19. The van der Waals surface area contributed by atoms with E-state index in [4.69, 9.17) is 4.74 Å². The minimum Gasteiger partial charge on any atom is -0.507 e. The monoisotopic (exact) mass is 298 g/mol. The number of amides is 1. The lowest BCUT2D eigenvalue weighted by molar-refractivity contribution is 0.0951. The van der Waals surface area contributed by atoms with Crippen molar-refractivity contribution in [3.05, 3.63) is 59.7 Å². The van der Waals surface area contributed by atoms with Gasteiger partial charge in [0.05, 0.1) is 18.4 Å². The third-order valence-electron chi connectivity index (χ3n) is 3.19. The zero-order valence-electron chi connectivity index (χ0n) is 12.5. The van der Waals surface area contributed by atoms with Gasteiger partial charge in [-0.25, -0.2) is 5.43 Å². The summed E-state index contributed by atoms with van der Waals surface area (Å²) < 4.78 is 5.15. The number of rotatable bonds is 5. The number of methoxy groups -OCH3 is 1. The van der Waals surface area contributed by atoms with E-state index in [0.717, 1.165) is 0 Å². The van der Waals surface area contributed by atoms with Crippen molar-refractivity contribution in [1.29, 1.82) is 0 Å². The molecule has 2 N–H and O–H groups in total. The van der Waals surface area contributed by atoms with E-state index < -0.39 is 0 Å². The van der Waals surface area contributed by atoms with Crippen molar-refractivity contribution in [3.63, 3.8) is 0 Å². The van der Waals surface area contributed by atoms with Gasteiger partial charge >= 0.3 is 0 Å². The summed E-state index contributed by atoms with van der Waals surface area (Å²) in [6, 6.07) is 13.8. The molecule has 0 heterocycles. The highest BCUT2D eigenvalue weighted by Gasteiger charge is 2.12. The molecule has 0 saturated carbocycles. The topological polar surface area (TPSA) is 70.9 Å². The van der Waals surface area contributed by atoms with E-state index in [1.54, 1.807) is 42.5 Å². The normalized spacial score (nSPS) is 11.1. The average Bonchev–Trinajstić information content (AvgIpc) is 2.56. The molecule has 0 aromatic heterocycles. The van der Waals surface area contributed by atoms with Crippen molar-refractivity contribution in [2.75, 3.05) is 7.11 Å². The summed E-state index contributed by atoms with van der Waals surface area (Å²) in [5.74, 6) is 0.254. The molecule has 0 atom stereocenters. The summed E-state index contributed by atoms with van der Waals surface area (Å²) in [4.78, 5) is 12.2. The maximum absolute atomic E-state index is 12.2. The minimum atomic E-state index is -0.362. The van der Waals surface area contributed by atoms with E-state index in [2.05, 4.69) is 10.5 Å². The van der Waals surface area contributed by atoms with E-state index in [1.165, 1.54) is 7.11 Å². The summed E-state index contributed by atoms with van der Waals surface area (Å²) in [6.07, 6.45) is 0.573. The lowest BCUT2D eigenvalue weighted by Crippen LogP contribution is -2.20. The van der Waals surface area contributed by atoms with Crippen LogP contribution in [0.4, 0.5) is 0 Å². The lowest BCUT2D eigenvalue weighted by atomic mass is 10.1. The molecule has 2 rings (SSSR count). The number of carbonyl (C=O) groups is 1. The zero-order valence-corrected chi connectivity index (χ0v) is 12.5. The van der Waals surface area contributed by atoms with Crippen molar-refractivity contribution in [2.45, 2.75) is 13.3 Å². The predicted octanol–water partition coefficient (Wildman–Crippen LogP) is 2.94. The Morgan fingerprint density at radius 1 is 1.14 bits per heavy atom. The Balaban J connectivity index is 2.22. The fourth-order valence-electron chi connectivity index (χ4n) is 2.06. The second-order valence-corrected chi connectivity index (χ2v) is 4.57. The Labute approximate surface area is 129 Å². The first kappa shape index (κ1) is 15.6. The van der Waals surface area contributed by atoms with Gasteiger partial charge in [0.2, 0.25) is 0 Å². The molecule has 2 aromatic rings. The molecule has 0 radical (unpaired) electrons. The van der Waals surface area contributed by atoms with Gasteiger partial charge in [0.15, 0.2) is 0 Å². The number of hydrogen-bond donors (Lipinski definition) is 2. The lowest BCUT2D eigenvalue weighted by Gasteiger charge is -2.09. The Bertz CT molecular complexity index is 696. The molecule has 5 heteroatoms. The van der Waals surface area contributed by atoms with Gasteiger partial charge in [0, 0.05) is 5.56 Å². The number of benzene rings is 2. The van der Waals surface area contributed by atoms with E-state index in [0.29, 0.717) is 29.0 Å². The highest BCUT2D eigenvalue weighted by atomic mass is 16.5. The fraction of sp³-hybridized carbons (Fsp3) is 0.176. The summed E-state index contributed by atoms with van der Waals surface area (Å²) in [7, 11) is 1.51. The van der Waals surface area contributed by atoms with Crippen LogP contribution >= 0.6 is 0 Å². The largest absolute Gasteiger partial charge is 0.507 e. The van der Waals surface area contributed by atoms with Crippen LogP contribution in [-0.4, -0.2) is 23.8 Å². The molecule has 0 spiro atoms. The standard InChI is InChI=1S/C17H18N2O3/c1-3-14(12-8-4-6-10-15(12)20)18-19-17(21)13-9-5-7-11-16(13)22-2/h4-11,20H,3H2,1-2H3,(H,19,21). The molecule has 2 aromatic carbocycles. The van der Waals surface area contributed by atoms with Crippen LogP contribution in [-0.2, 0) is 0 Å². The van der Waals surface area contributed by atoms with Crippen LogP contribution in [0.2, 0.25) is 0 Å². The minimum absolute atomic E-state index is 0.134. The van der Waals surface area contributed by atoms with Crippen LogP contribution in [0.15, 0.2) is 53.6 Å². The molecule has 0 fully saturated rings. The van der Waals surface area contributed by atoms with Gasteiger partial charge in [-0.2, -0.15) is 5.10 Å². The Hall–Kier alpha value is -2.82. The third kappa shape index (κ3) is 3.44. The van der Waals surface area contributed by atoms with Crippen molar-refractivity contribution in [1.82, 2.24) is 5.43 Å². The van der Waals surface area contributed by atoms with E-state index in [1.807, 2.05) is 13.0 Å². The molecular formula is C17H18N2O3. The summed E-state index contributed by atoms with van der Waals surface area (Å²) in [5.41, 5.74) is 4.11. The number of hydrazone groups is 1. The van der Waals surface area contributed by atoms with Crippen molar-refractivity contribution < 1.29 is 14.6 Å². The van der Waals surface area contributed by atoms with Crippen LogP contribution < -0.4 is 10.2 Å². The second-order valence-electron chi connectivity index (χ2n) is 4.57. The smallest absolute Gasteiger partial charge is 0.275 e.